The highest BCUT2D eigenvalue weighted by molar-refractivity contribution is 5.70. The molecular formula is C22H35NO2. The highest BCUT2D eigenvalue weighted by atomic mass is 16.5. The van der Waals surface area contributed by atoms with E-state index >= 15 is 0 Å². The summed E-state index contributed by atoms with van der Waals surface area (Å²) in [6.07, 6.45) is 15.6. The number of esters is 1. The summed E-state index contributed by atoms with van der Waals surface area (Å²) < 4.78 is 5.90. The molecule has 2 saturated heterocycles. The van der Waals surface area contributed by atoms with Crippen LogP contribution in [0.15, 0.2) is 0 Å². The summed E-state index contributed by atoms with van der Waals surface area (Å²) in [4.78, 5) is 15.4. The molecule has 0 spiro atoms. The molecule has 4 bridgehead atoms. The molecule has 4 saturated carbocycles. The van der Waals surface area contributed by atoms with E-state index in [-0.39, 0.29) is 5.97 Å². The van der Waals surface area contributed by atoms with E-state index in [1.807, 2.05) is 0 Å². The monoisotopic (exact) mass is 345 g/mol. The van der Waals surface area contributed by atoms with Crippen molar-refractivity contribution in [1.29, 1.82) is 0 Å². The van der Waals surface area contributed by atoms with E-state index in [2.05, 4.69) is 4.90 Å². The van der Waals surface area contributed by atoms with E-state index in [1.54, 1.807) is 0 Å². The molecule has 4 aliphatic carbocycles. The number of hydrogen-bond donors (Lipinski definition) is 0. The molecular weight excluding hydrogens is 310 g/mol. The Labute approximate surface area is 152 Å². The molecule has 6 aliphatic rings. The van der Waals surface area contributed by atoms with Crippen LogP contribution in [0, 0.1) is 29.1 Å². The minimum atomic E-state index is 0.120. The standard InChI is InChI=1S/C22H35NO2/c24-21(14-22-11-16-8-17(12-22)10-18(9-16)13-22)25-15-19-4-3-7-23-6-2-1-5-20(19)23/h16-20H,1-15H2. The maximum atomic E-state index is 12.7. The van der Waals surface area contributed by atoms with Gasteiger partial charge in [-0.25, -0.2) is 0 Å². The topological polar surface area (TPSA) is 29.5 Å². The summed E-state index contributed by atoms with van der Waals surface area (Å²) >= 11 is 0. The zero-order valence-corrected chi connectivity index (χ0v) is 15.8. The molecule has 0 amide bonds. The van der Waals surface area contributed by atoms with E-state index in [9.17, 15) is 4.79 Å². The van der Waals surface area contributed by atoms with Gasteiger partial charge in [-0.05, 0) is 100 Å². The average Bonchev–Trinajstić information content (AvgIpc) is 2.58. The van der Waals surface area contributed by atoms with Gasteiger partial charge in [0.15, 0.2) is 0 Å². The van der Waals surface area contributed by atoms with Crippen molar-refractivity contribution in [2.75, 3.05) is 19.7 Å². The Morgan fingerprint density at radius 2 is 1.60 bits per heavy atom. The first-order chi connectivity index (χ1) is 12.2. The molecule has 0 aromatic heterocycles. The van der Waals surface area contributed by atoms with Crippen molar-refractivity contribution in [3.63, 3.8) is 0 Å². The molecule has 0 aromatic carbocycles. The zero-order chi connectivity index (χ0) is 16.9. The van der Waals surface area contributed by atoms with Crippen LogP contribution in [-0.4, -0.2) is 36.6 Å². The van der Waals surface area contributed by atoms with Gasteiger partial charge in [0.25, 0.3) is 0 Å². The normalized spacial score (nSPS) is 46.0. The molecule has 0 N–H and O–H groups in total. The summed E-state index contributed by atoms with van der Waals surface area (Å²) in [6.45, 7) is 3.22. The largest absolute Gasteiger partial charge is 0.465 e. The van der Waals surface area contributed by atoms with Crippen molar-refractivity contribution < 1.29 is 9.53 Å². The maximum Gasteiger partial charge on any atom is 0.306 e. The summed E-state index contributed by atoms with van der Waals surface area (Å²) in [6, 6.07) is 0.690. The van der Waals surface area contributed by atoms with Crippen LogP contribution in [0.4, 0.5) is 0 Å². The Balaban J connectivity index is 1.16. The summed E-state index contributed by atoms with van der Waals surface area (Å²) in [5.41, 5.74) is 0.329. The second kappa shape index (κ2) is 6.55. The molecule has 25 heavy (non-hydrogen) atoms. The first-order valence-electron chi connectivity index (χ1n) is 11.1. The summed E-state index contributed by atoms with van der Waals surface area (Å²) in [5, 5.41) is 0. The lowest BCUT2D eigenvalue weighted by molar-refractivity contribution is -0.154. The van der Waals surface area contributed by atoms with Crippen molar-refractivity contribution >= 4 is 5.97 Å². The maximum absolute atomic E-state index is 12.7. The highest BCUT2D eigenvalue weighted by Gasteiger charge is 2.51. The molecule has 6 fully saturated rings. The average molecular weight is 346 g/mol. The molecule has 0 radical (unpaired) electrons. The fourth-order valence-corrected chi connectivity index (χ4v) is 7.84. The third-order valence-electron chi connectivity index (χ3n) is 8.37. The first-order valence-corrected chi connectivity index (χ1v) is 11.1. The number of piperidine rings is 2. The summed E-state index contributed by atoms with van der Waals surface area (Å²) in [7, 11) is 0. The Morgan fingerprint density at radius 3 is 2.32 bits per heavy atom. The van der Waals surface area contributed by atoms with E-state index in [0.29, 0.717) is 24.0 Å². The first kappa shape index (κ1) is 16.6. The Morgan fingerprint density at radius 1 is 0.920 bits per heavy atom. The van der Waals surface area contributed by atoms with Gasteiger partial charge in [-0.15, -0.1) is 0 Å². The van der Waals surface area contributed by atoms with Crippen LogP contribution in [0.25, 0.3) is 0 Å². The number of ether oxygens (including phenoxy) is 1. The van der Waals surface area contributed by atoms with E-state index in [4.69, 9.17) is 4.74 Å². The fourth-order valence-electron chi connectivity index (χ4n) is 7.84. The number of rotatable bonds is 4. The number of carbonyl (C=O) groups excluding carboxylic acids is 1. The molecule has 6 rings (SSSR count). The van der Waals surface area contributed by atoms with Gasteiger partial charge in [-0.3, -0.25) is 9.69 Å². The van der Waals surface area contributed by atoms with Crippen molar-refractivity contribution in [2.24, 2.45) is 29.1 Å². The molecule has 3 nitrogen and oxygen atoms in total. The zero-order valence-electron chi connectivity index (χ0n) is 15.8. The lowest BCUT2D eigenvalue weighted by atomic mass is 9.49. The third kappa shape index (κ3) is 3.26. The van der Waals surface area contributed by atoms with Gasteiger partial charge in [0.05, 0.1) is 13.0 Å². The van der Waals surface area contributed by atoms with Gasteiger partial charge in [0.1, 0.15) is 0 Å². The quantitative estimate of drug-likeness (QED) is 0.707. The predicted molar refractivity (Wildman–Crippen MR) is 98.1 cm³/mol. The summed E-state index contributed by atoms with van der Waals surface area (Å²) in [5.74, 6) is 3.49. The van der Waals surface area contributed by atoms with Gasteiger partial charge in [0.2, 0.25) is 0 Å². The molecule has 3 heteroatoms. The Hall–Kier alpha value is -0.570. The smallest absolute Gasteiger partial charge is 0.306 e. The van der Waals surface area contributed by atoms with E-state index in [0.717, 1.165) is 24.2 Å². The van der Waals surface area contributed by atoms with Crippen LogP contribution < -0.4 is 0 Å². The van der Waals surface area contributed by atoms with Crippen LogP contribution in [0.3, 0.4) is 0 Å². The van der Waals surface area contributed by atoms with E-state index in [1.165, 1.54) is 83.7 Å². The van der Waals surface area contributed by atoms with E-state index < -0.39 is 0 Å². The Kier molecular flexibility index (Phi) is 4.35. The third-order valence-corrected chi connectivity index (χ3v) is 8.37. The minimum absolute atomic E-state index is 0.120. The van der Waals surface area contributed by atoms with Crippen LogP contribution >= 0.6 is 0 Å². The minimum Gasteiger partial charge on any atom is -0.465 e. The van der Waals surface area contributed by atoms with Crippen molar-refractivity contribution in [1.82, 2.24) is 4.90 Å². The van der Waals surface area contributed by atoms with Gasteiger partial charge in [0, 0.05) is 12.0 Å². The highest BCUT2D eigenvalue weighted by Crippen LogP contribution is 2.61. The lowest BCUT2D eigenvalue weighted by Crippen LogP contribution is -2.49. The predicted octanol–water partition coefficient (Wildman–Crippen LogP) is 4.40. The molecule has 2 atom stereocenters. The van der Waals surface area contributed by atoms with Crippen molar-refractivity contribution in [2.45, 2.75) is 83.1 Å². The lowest BCUT2D eigenvalue weighted by Gasteiger charge is -2.56. The van der Waals surface area contributed by atoms with Gasteiger partial charge >= 0.3 is 5.97 Å². The second-order valence-electron chi connectivity index (χ2n) is 10.3. The van der Waals surface area contributed by atoms with Crippen LogP contribution in [-0.2, 0) is 9.53 Å². The van der Waals surface area contributed by atoms with Gasteiger partial charge in [-0.2, -0.15) is 0 Å². The number of nitrogens with zero attached hydrogens (tertiary/aromatic N) is 1. The number of hydrogen-bond acceptors (Lipinski definition) is 3. The van der Waals surface area contributed by atoms with Crippen LogP contribution in [0.1, 0.15) is 77.0 Å². The van der Waals surface area contributed by atoms with Gasteiger partial charge in [-0.1, -0.05) is 6.42 Å². The molecule has 2 aliphatic heterocycles. The molecule has 2 unspecified atom stereocenters. The van der Waals surface area contributed by atoms with Crippen molar-refractivity contribution in [3.8, 4) is 0 Å². The Bertz CT molecular complexity index is 479. The van der Waals surface area contributed by atoms with Crippen LogP contribution in [0.2, 0.25) is 0 Å². The number of carbonyl (C=O) groups is 1. The van der Waals surface area contributed by atoms with Crippen molar-refractivity contribution in [3.05, 3.63) is 0 Å². The van der Waals surface area contributed by atoms with Crippen LogP contribution in [0.5, 0.6) is 0 Å². The molecule has 0 aromatic rings. The second-order valence-corrected chi connectivity index (χ2v) is 10.3. The fraction of sp³-hybridized carbons (Fsp3) is 0.955. The molecule has 140 valence electrons. The number of fused-ring (bicyclic) bond motifs is 1. The molecule has 2 heterocycles. The SMILES string of the molecule is O=C(CC12CC3CC(CC(C3)C1)C2)OCC1CCCN2CCCCC12. The van der Waals surface area contributed by atoms with Gasteiger partial charge < -0.3 is 4.74 Å².